The van der Waals surface area contributed by atoms with E-state index in [2.05, 4.69) is 35.4 Å². The number of halogens is 1. The summed E-state index contributed by atoms with van der Waals surface area (Å²) in [5, 5.41) is 24.9. The first-order chi connectivity index (χ1) is 18.6. The zero-order valence-corrected chi connectivity index (χ0v) is 24.7. The molecule has 12 heteroatoms. The Balaban J connectivity index is 0.000000631. The number of nitrogens with zero attached hydrogens (tertiary/aromatic N) is 5. The average molecular weight is 576 g/mol. The molecule has 1 aliphatic rings. The summed E-state index contributed by atoms with van der Waals surface area (Å²) >= 11 is 7.46. The second-order valence-electron chi connectivity index (χ2n) is 9.74. The van der Waals surface area contributed by atoms with E-state index in [0.29, 0.717) is 44.8 Å². The summed E-state index contributed by atoms with van der Waals surface area (Å²) in [7, 11) is 0. The lowest BCUT2D eigenvalue weighted by Gasteiger charge is -2.35. The highest BCUT2D eigenvalue weighted by atomic mass is 35.5. The molecule has 3 aromatic rings. The Labute approximate surface area is 239 Å². The van der Waals surface area contributed by atoms with Crippen LogP contribution in [0.2, 0.25) is 5.02 Å². The van der Waals surface area contributed by atoms with Gasteiger partial charge in [-0.05, 0) is 38.3 Å². The number of aliphatic hydroxyl groups excluding tert-OH is 2. The van der Waals surface area contributed by atoms with Crippen molar-refractivity contribution in [2.75, 3.05) is 54.9 Å². The number of para-hydroxylation sites is 1. The SMILES string of the molecule is CC(C)C(C)O.Cc1nc(Nc2ncc(C(=O)Nc3c(C)cccc3Cl)s2)cc(N2CCN(CCO)CC2)n1. The summed E-state index contributed by atoms with van der Waals surface area (Å²) in [5.74, 6) is 2.26. The van der Waals surface area contributed by atoms with Crippen LogP contribution in [0.15, 0.2) is 30.5 Å². The van der Waals surface area contributed by atoms with Gasteiger partial charge in [-0.25, -0.2) is 15.0 Å². The fourth-order valence-corrected chi connectivity index (χ4v) is 4.62. The first-order valence-corrected chi connectivity index (χ1v) is 14.2. The number of β-amino-alcohol motifs (C(OH)–C–C–N with tert-alkyl or cyclic N) is 1. The van der Waals surface area contributed by atoms with E-state index in [0.717, 1.165) is 37.6 Å². The van der Waals surface area contributed by atoms with E-state index in [9.17, 15) is 4.79 Å². The van der Waals surface area contributed by atoms with Crippen LogP contribution in [0.4, 0.5) is 22.5 Å². The van der Waals surface area contributed by atoms with Gasteiger partial charge in [0.15, 0.2) is 5.13 Å². The predicted molar refractivity (Wildman–Crippen MR) is 159 cm³/mol. The van der Waals surface area contributed by atoms with Gasteiger partial charge in [-0.15, -0.1) is 0 Å². The molecule has 0 aliphatic carbocycles. The zero-order valence-electron chi connectivity index (χ0n) is 23.1. The van der Waals surface area contributed by atoms with E-state index in [-0.39, 0.29) is 18.6 Å². The molecule has 1 aromatic carbocycles. The van der Waals surface area contributed by atoms with Crippen molar-refractivity contribution in [2.24, 2.45) is 5.92 Å². The summed E-state index contributed by atoms with van der Waals surface area (Å²) in [6, 6.07) is 7.37. The van der Waals surface area contributed by atoms with Crippen molar-refractivity contribution in [3.63, 3.8) is 0 Å². The standard InChI is InChI=1S/C22H26ClN7O2S.C5H12O/c1-14-4-3-5-16(23)20(14)28-21(32)17-13-24-22(33-17)27-18-12-19(26-15(2)25-18)30-8-6-29(7-9-30)10-11-31;1-4(2)5(3)6/h3-5,12-13,31H,6-11H2,1-2H3,(H,28,32)(H,24,25,26,27);4-6H,1-3H3. The first-order valence-electron chi connectivity index (χ1n) is 13.0. The largest absolute Gasteiger partial charge is 0.395 e. The van der Waals surface area contributed by atoms with Gasteiger partial charge >= 0.3 is 0 Å². The normalized spacial score (nSPS) is 14.5. The molecule has 10 nitrogen and oxygen atoms in total. The molecule has 2 aromatic heterocycles. The molecule has 0 bridgehead atoms. The number of benzene rings is 1. The number of nitrogens with one attached hydrogen (secondary N) is 2. The molecule has 4 N–H and O–H groups in total. The van der Waals surface area contributed by atoms with Crippen LogP contribution in [0.5, 0.6) is 0 Å². The molecular formula is C27H38ClN7O3S. The smallest absolute Gasteiger partial charge is 0.267 e. The summed E-state index contributed by atoms with van der Waals surface area (Å²) in [4.78, 5) is 31.0. The Morgan fingerprint density at radius 3 is 2.46 bits per heavy atom. The first kappa shape index (κ1) is 30.7. The predicted octanol–water partition coefficient (Wildman–Crippen LogP) is 4.34. The number of anilines is 4. The molecule has 1 fully saturated rings. The number of aryl methyl sites for hydroxylation is 2. The maximum atomic E-state index is 12.7. The van der Waals surface area contributed by atoms with E-state index >= 15 is 0 Å². The van der Waals surface area contributed by atoms with Crippen LogP contribution in [0.3, 0.4) is 0 Å². The number of carbonyl (C=O) groups excluding carboxylic acids is 1. The third-order valence-corrected chi connectivity index (χ3v) is 7.55. The number of rotatable bonds is 8. The summed E-state index contributed by atoms with van der Waals surface area (Å²) < 4.78 is 0. The minimum absolute atomic E-state index is 0.148. The van der Waals surface area contributed by atoms with Crippen molar-refractivity contribution in [3.05, 3.63) is 51.7 Å². The van der Waals surface area contributed by atoms with Crippen LogP contribution in [0.1, 0.15) is 41.8 Å². The molecule has 1 unspecified atom stereocenters. The van der Waals surface area contributed by atoms with Crippen LogP contribution in [-0.2, 0) is 0 Å². The molecule has 0 radical (unpaired) electrons. The van der Waals surface area contributed by atoms with Crippen molar-refractivity contribution >= 4 is 51.3 Å². The van der Waals surface area contributed by atoms with Gasteiger partial charge in [0.2, 0.25) is 0 Å². The van der Waals surface area contributed by atoms with Gasteiger partial charge in [-0.2, -0.15) is 0 Å². The number of carbonyl (C=O) groups is 1. The second-order valence-corrected chi connectivity index (χ2v) is 11.2. The third kappa shape index (κ3) is 9.11. The van der Waals surface area contributed by atoms with Gasteiger partial charge in [0.25, 0.3) is 5.91 Å². The van der Waals surface area contributed by atoms with Crippen molar-refractivity contribution < 1.29 is 15.0 Å². The van der Waals surface area contributed by atoms with E-state index in [1.807, 2.05) is 45.9 Å². The number of hydrogen-bond acceptors (Lipinski definition) is 10. The molecule has 0 saturated carbocycles. The maximum absolute atomic E-state index is 12.7. The average Bonchev–Trinajstić information content (AvgIpc) is 3.35. The molecule has 39 heavy (non-hydrogen) atoms. The molecule has 0 spiro atoms. The molecule has 1 amide bonds. The third-order valence-electron chi connectivity index (χ3n) is 6.33. The summed E-state index contributed by atoms with van der Waals surface area (Å²) in [6.45, 7) is 13.8. The molecule has 4 rings (SSSR count). The zero-order chi connectivity index (χ0) is 28.5. The van der Waals surface area contributed by atoms with Gasteiger partial charge in [0.05, 0.1) is 29.6 Å². The quantitative estimate of drug-likeness (QED) is 0.310. The monoisotopic (exact) mass is 575 g/mol. The van der Waals surface area contributed by atoms with E-state index in [4.69, 9.17) is 21.8 Å². The van der Waals surface area contributed by atoms with E-state index in [1.165, 1.54) is 17.5 Å². The fraction of sp³-hybridized carbons (Fsp3) is 0.481. The van der Waals surface area contributed by atoms with Crippen LogP contribution >= 0.6 is 22.9 Å². The Morgan fingerprint density at radius 1 is 1.15 bits per heavy atom. The van der Waals surface area contributed by atoms with E-state index in [1.54, 1.807) is 13.0 Å². The molecule has 1 saturated heterocycles. The lowest BCUT2D eigenvalue weighted by atomic mass is 10.1. The highest BCUT2D eigenvalue weighted by molar-refractivity contribution is 7.17. The highest BCUT2D eigenvalue weighted by Gasteiger charge is 2.19. The number of piperazine rings is 1. The number of hydrogen-bond donors (Lipinski definition) is 4. The Kier molecular flexibility index (Phi) is 11.4. The number of aromatic nitrogens is 3. The van der Waals surface area contributed by atoms with Crippen molar-refractivity contribution in [1.29, 1.82) is 0 Å². The van der Waals surface area contributed by atoms with Crippen molar-refractivity contribution in [3.8, 4) is 0 Å². The van der Waals surface area contributed by atoms with Crippen LogP contribution < -0.4 is 15.5 Å². The van der Waals surface area contributed by atoms with Gasteiger partial charge in [0, 0.05) is 38.8 Å². The highest BCUT2D eigenvalue weighted by Crippen LogP contribution is 2.28. The number of amides is 1. The van der Waals surface area contributed by atoms with E-state index < -0.39 is 0 Å². The Bertz CT molecular complexity index is 1200. The van der Waals surface area contributed by atoms with Crippen molar-refractivity contribution in [1.82, 2.24) is 19.9 Å². The van der Waals surface area contributed by atoms with Gasteiger partial charge in [-0.3, -0.25) is 9.69 Å². The van der Waals surface area contributed by atoms with Crippen LogP contribution in [-0.4, -0.2) is 81.4 Å². The summed E-state index contributed by atoms with van der Waals surface area (Å²) in [5.41, 5.74) is 1.49. The molecule has 3 heterocycles. The molecule has 212 valence electrons. The second kappa shape index (κ2) is 14.5. The Hall–Kier alpha value is -2.83. The molecule has 1 aliphatic heterocycles. The topological polar surface area (TPSA) is 127 Å². The van der Waals surface area contributed by atoms with Crippen molar-refractivity contribution in [2.45, 2.75) is 40.7 Å². The van der Waals surface area contributed by atoms with Gasteiger partial charge in [-0.1, -0.05) is 48.9 Å². The fourth-order valence-electron chi connectivity index (χ4n) is 3.63. The maximum Gasteiger partial charge on any atom is 0.267 e. The minimum atomic E-state index is -0.267. The van der Waals surface area contributed by atoms with Crippen LogP contribution in [0.25, 0.3) is 0 Å². The van der Waals surface area contributed by atoms with Gasteiger partial charge < -0.3 is 25.7 Å². The molecular weight excluding hydrogens is 538 g/mol. The Morgan fingerprint density at radius 2 is 1.85 bits per heavy atom. The number of aliphatic hydroxyl groups is 2. The minimum Gasteiger partial charge on any atom is -0.395 e. The summed E-state index contributed by atoms with van der Waals surface area (Å²) in [6.07, 6.45) is 1.38. The van der Waals surface area contributed by atoms with Crippen LogP contribution in [0, 0.1) is 19.8 Å². The number of thiazole rings is 1. The molecule has 1 atom stereocenters. The lowest BCUT2D eigenvalue weighted by Crippen LogP contribution is -2.47. The lowest BCUT2D eigenvalue weighted by molar-refractivity contribution is 0.103. The van der Waals surface area contributed by atoms with Gasteiger partial charge in [0.1, 0.15) is 22.3 Å².